The number of hydrogen-bond acceptors (Lipinski definition) is 1. The molecule has 1 N–H and O–H groups in total. The van der Waals surface area contributed by atoms with Crippen LogP contribution in [0.3, 0.4) is 0 Å². The summed E-state index contributed by atoms with van der Waals surface area (Å²) >= 11 is 3.66. The number of fused-ring (bicyclic) bond motifs is 1. The average Bonchev–Trinajstić information content (AvgIpc) is 2.84. The van der Waals surface area contributed by atoms with Crippen molar-refractivity contribution in [3.8, 4) is 0 Å². The molecule has 0 radical (unpaired) electrons. The lowest BCUT2D eigenvalue weighted by Gasteiger charge is -2.14. The third-order valence-corrected chi connectivity index (χ3v) is 4.84. The van der Waals surface area contributed by atoms with Crippen molar-refractivity contribution < 1.29 is 0 Å². The van der Waals surface area contributed by atoms with E-state index in [0.29, 0.717) is 6.04 Å². The highest BCUT2D eigenvalue weighted by Gasteiger charge is 2.23. The SMILES string of the molecule is Cc1cccc(CCNC2CCc3c(Br)cccc32)c1. The molecule has 2 aromatic rings. The van der Waals surface area contributed by atoms with Gasteiger partial charge in [0.25, 0.3) is 0 Å². The summed E-state index contributed by atoms with van der Waals surface area (Å²) in [6.07, 6.45) is 3.49. The van der Waals surface area contributed by atoms with Gasteiger partial charge in [0.05, 0.1) is 0 Å². The largest absolute Gasteiger partial charge is 0.310 e. The second-order valence-corrected chi connectivity index (χ2v) is 6.45. The molecular formula is C18H20BrN. The molecule has 0 amide bonds. The molecule has 1 unspecified atom stereocenters. The van der Waals surface area contributed by atoms with Crippen molar-refractivity contribution in [2.45, 2.75) is 32.2 Å². The minimum absolute atomic E-state index is 0.521. The van der Waals surface area contributed by atoms with E-state index < -0.39 is 0 Å². The fraction of sp³-hybridized carbons (Fsp3) is 0.333. The summed E-state index contributed by atoms with van der Waals surface area (Å²) in [6, 6.07) is 15.9. The second kappa shape index (κ2) is 6.11. The van der Waals surface area contributed by atoms with Crippen LogP contribution in [0.1, 0.15) is 34.7 Å². The highest BCUT2D eigenvalue weighted by molar-refractivity contribution is 9.10. The number of hydrogen-bond donors (Lipinski definition) is 1. The molecule has 0 saturated heterocycles. The Bertz CT molecular complexity index is 606. The molecule has 0 aromatic heterocycles. The first kappa shape index (κ1) is 13.8. The predicted molar refractivity (Wildman–Crippen MR) is 88.1 cm³/mol. The molecule has 1 atom stereocenters. The average molecular weight is 330 g/mol. The van der Waals surface area contributed by atoms with Crippen molar-refractivity contribution in [1.29, 1.82) is 0 Å². The van der Waals surface area contributed by atoms with Crippen LogP contribution >= 0.6 is 15.9 Å². The summed E-state index contributed by atoms with van der Waals surface area (Å²) in [5, 5.41) is 3.71. The number of nitrogens with one attached hydrogen (secondary N) is 1. The molecule has 20 heavy (non-hydrogen) atoms. The van der Waals surface area contributed by atoms with Gasteiger partial charge in [0, 0.05) is 10.5 Å². The van der Waals surface area contributed by atoms with Gasteiger partial charge in [0.15, 0.2) is 0 Å². The van der Waals surface area contributed by atoms with Gasteiger partial charge < -0.3 is 5.32 Å². The van der Waals surface area contributed by atoms with Crippen molar-refractivity contribution in [2.24, 2.45) is 0 Å². The fourth-order valence-corrected chi connectivity index (χ4v) is 3.66. The molecule has 3 rings (SSSR count). The molecule has 0 spiro atoms. The summed E-state index contributed by atoms with van der Waals surface area (Å²) in [4.78, 5) is 0. The van der Waals surface area contributed by atoms with Crippen molar-refractivity contribution in [3.63, 3.8) is 0 Å². The Balaban J connectivity index is 1.60. The minimum Gasteiger partial charge on any atom is -0.310 e. The van der Waals surface area contributed by atoms with Crippen LogP contribution in [-0.2, 0) is 12.8 Å². The molecule has 1 aliphatic carbocycles. The highest BCUT2D eigenvalue weighted by Crippen LogP contribution is 2.35. The standard InChI is InChI=1S/C18H20BrN/c1-13-4-2-5-14(12-13)10-11-20-18-9-8-15-16(18)6-3-7-17(15)19/h2-7,12,18,20H,8-11H2,1H3. The van der Waals surface area contributed by atoms with E-state index in [-0.39, 0.29) is 0 Å². The summed E-state index contributed by atoms with van der Waals surface area (Å²) in [5.41, 5.74) is 5.73. The topological polar surface area (TPSA) is 12.0 Å². The van der Waals surface area contributed by atoms with Gasteiger partial charge in [0.1, 0.15) is 0 Å². The van der Waals surface area contributed by atoms with E-state index in [4.69, 9.17) is 0 Å². The Morgan fingerprint density at radius 1 is 1.20 bits per heavy atom. The first-order valence-corrected chi connectivity index (χ1v) is 8.09. The van der Waals surface area contributed by atoms with Crippen molar-refractivity contribution in [3.05, 3.63) is 69.2 Å². The highest BCUT2D eigenvalue weighted by atomic mass is 79.9. The van der Waals surface area contributed by atoms with Gasteiger partial charge >= 0.3 is 0 Å². The number of halogens is 1. The number of rotatable bonds is 4. The summed E-state index contributed by atoms with van der Waals surface area (Å²) in [5.74, 6) is 0. The van der Waals surface area contributed by atoms with Gasteiger partial charge in [-0.2, -0.15) is 0 Å². The van der Waals surface area contributed by atoms with E-state index in [1.807, 2.05) is 0 Å². The van der Waals surface area contributed by atoms with Gasteiger partial charge in [-0.1, -0.05) is 57.9 Å². The molecule has 0 bridgehead atoms. The Labute approximate surface area is 129 Å². The Morgan fingerprint density at radius 3 is 2.90 bits per heavy atom. The summed E-state index contributed by atoms with van der Waals surface area (Å²) < 4.78 is 1.26. The van der Waals surface area contributed by atoms with Crippen LogP contribution in [0, 0.1) is 6.92 Å². The van der Waals surface area contributed by atoms with Crippen LogP contribution < -0.4 is 5.32 Å². The monoisotopic (exact) mass is 329 g/mol. The first-order chi connectivity index (χ1) is 9.74. The smallest absolute Gasteiger partial charge is 0.0326 e. The Morgan fingerprint density at radius 2 is 2.05 bits per heavy atom. The predicted octanol–water partition coefficient (Wildman–Crippen LogP) is 4.58. The lowest BCUT2D eigenvalue weighted by Crippen LogP contribution is -2.21. The van der Waals surface area contributed by atoms with Crippen LogP contribution in [0.25, 0.3) is 0 Å². The maximum Gasteiger partial charge on any atom is 0.0326 e. The van der Waals surface area contributed by atoms with E-state index in [9.17, 15) is 0 Å². The zero-order valence-electron chi connectivity index (χ0n) is 11.8. The van der Waals surface area contributed by atoms with Crippen LogP contribution in [0.5, 0.6) is 0 Å². The molecule has 0 aliphatic heterocycles. The molecule has 2 heteroatoms. The van der Waals surface area contributed by atoms with E-state index in [1.165, 1.54) is 39.6 Å². The molecule has 2 aromatic carbocycles. The molecule has 1 aliphatic rings. The van der Waals surface area contributed by atoms with Gasteiger partial charge in [-0.25, -0.2) is 0 Å². The second-order valence-electron chi connectivity index (χ2n) is 5.59. The third kappa shape index (κ3) is 2.97. The van der Waals surface area contributed by atoms with E-state index in [1.54, 1.807) is 0 Å². The van der Waals surface area contributed by atoms with Crippen molar-refractivity contribution in [2.75, 3.05) is 6.54 Å². The minimum atomic E-state index is 0.521. The lowest BCUT2D eigenvalue weighted by atomic mass is 10.1. The van der Waals surface area contributed by atoms with Crippen LogP contribution in [0.2, 0.25) is 0 Å². The maximum atomic E-state index is 3.71. The van der Waals surface area contributed by atoms with Crippen molar-refractivity contribution in [1.82, 2.24) is 5.32 Å². The van der Waals surface area contributed by atoms with Crippen molar-refractivity contribution >= 4 is 15.9 Å². The molecular weight excluding hydrogens is 310 g/mol. The first-order valence-electron chi connectivity index (χ1n) is 7.30. The van der Waals surface area contributed by atoms with Gasteiger partial charge in [-0.15, -0.1) is 0 Å². The summed E-state index contributed by atoms with van der Waals surface area (Å²) in [6.45, 7) is 3.20. The normalized spacial score (nSPS) is 17.2. The molecule has 1 nitrogen and oxygen atoms in total. The number of aryl methyl sites for hydroxylation is 1. The quantitative estimate of drug-likeness (QED) is 0.865. The molecule has 0 heterocycles. The molecule has 0 fully saturated rings. The lowest BCUT2D eigenvalue weighted by molar-refractivity contribution is 0.533. The molecule has 0 saturated carbocycles. The van der Waals surface area contributed by atoms with Crippen LogP contribution in [0.4, 0.5) is 0 Å². The zero-order valence-corrected chi connectivity index (χ0v) is 13.4. The maximum absolute atomic E-state index is 3.71. The molecule has 104 valence electrons. The van der Waals surface area contributed by atoms with E-state index in [2.05, 4.69) is 70.6 Å². The van der Waals surface area contributed by atoms with Gasteiger partial charge in [0.2, 0.25) is 0 Å². The van der Waals surface area contributed by atoms with Crippen LogP contribution in [-0.4, -0.2) is 6.54 Å². The van der Waals surface area contributed by atoms with E-state index in [0.717, 1.165) is 13.0 Å². The van der Waals surface area contributed by atoms with Crippen LogP contribution in [0.15, 0.2) is 46.9 Å². The Kier molecular flexibility index (Phi) is 4.23. The number of benzene rings is 2. The van der Waals surface area contributed by atoms with E-state index >= 15 is 0 Å². The zero-order chi connectivity index (χ0) is 13.9. The Hall–Kier alpha value is -1.12. The van der Waals surface area contributed by atoms with Gasteiger partial charge in [-0.05, 0) is 55.5 Å². The summed E-state index contributed by atoms with van der Waals surface area (Å²) in [7, 11) is 0. The van der Waals surface area contributed by atoms with Gasteiger partial charge in [-0.3, -0.25) is 0 Å². The fourth-order valence-electron chi connectivity index (χ4n) is 3.08. The third-order valence-electron chi connectivity index (χ3n) is 4.10.